The second kappa shape index (κ2) is 6.45. The van der Waals surface area contributed by atoms with Gasteiger partial charge in [-0.15, -0.1) is 0 Å². The summed E-state index contributed by atoms with van der Waals surface area (Å²) < 4.78 is 8.23. The quantitative estimate of drug-likeness (QED) is 0.842. The van der Waals surface area contributed by atoms with E-state index in [-0.39, 0.29) is 5.60 Å². The Morgan fingerprint density at radius 1 is 1.60 bits per heavy atom. The van der Waals surface area contributed by atoms with Crippen molar-refractivity contribution < 1.29 is 4.74 Å². The van der Waals surface area contributed by atoms with E-state index >= 15 is 0 Å². The fraction of sp³-hybridized carbons (Fsp3) is 0.857. The van der Waals surface area contributed by atoms with Crippen LogP contribution in [0.25, 0.3) is 0 Å². The topological polar surface area (TPSA) is 52.0 Å². The molecule has 3 rings (SSSR count). The highest BCUT2D eigenvalue weighted by atomic mass is 32.2. The Kier molecular flexibility index (Phi) is 4.63. The monoisotopic (exact) mass is 296 g/mol. The molecule has 1 N–H and O–H groups in total. The molecule has 2 aliphatic rings. The van der Waals surface area contributed by atoms with Crippen LogP contribution in [0.1, 0.15) is 44.5 Å². The summed E-state index contributed by atoms with van der Waals surface area (Å²) >= 11 is 2.02. The van der Waals surface area contributed by atoms with Crippen LogP contribution in [0.3, 0.4) is 0 Å². The molecule has 6 heteroatoms. The van der Waals surface area contributed by atoms with Gasteiger partial charge in [0.25, 0.3) is 0 Å². The number of rotatable bonds is 5. The first kappa shape index (κ1) is 14.4. The molecule has 1 spiro atoms. The first-order chi connectivity index (χ1) is 9.83. The van der Waals surface area contributed by atoms with E-state index in [0.29, 0.717) is 6.04 Å². The fourth-order valence-corrected chi connectivity index (χ4v) is 4.53. The normalized spacial score (nSPS) is 30.1. The van der Waals surface area contributed by atoms with Gasteiger partial charge >= 0.3 is 0 Å². The molecular weight excluding hydrogens is 272 g/mol. The standard InChI is InChI=1S/C14H24N4OS/c1-2-5-15-9-13-16-11-17-18(13)12-3-6-19-14(8-12)4-7-20-10-14/h11-12,15H,2-10H2,1H3. The van der Waals surface area contributed by atoms with Gasteiger partial charge < -0.3 is 10.1 Å². The smallest absolute Gasteiger partial charge is 0.141 e. The molecule has 2 unspecified atom stereocenters. The molecule has 112 valence electrons. The summed E-state index contributed by atoms with van der Waals surface area (Å²) in [6, 6.07) is 0.448. The zero-order valence-corrected chi connectivity index (χ0v) is 13.0. The Bertz CT molecular complexity index is 431. The van der Waals surface area contributed by atoms with Crippen molar-refractivity contribution in [2.45, 2.75) is 50.8 Å². The van der Waals surface area contributed by atoms with E-state index < -0.39 is 0 Å². The highest BCUT2D eigenvalue weighted by molar-refractivity contribution is 7.99. The van der Waals surface area contributed by atoms with Gasteiger partial charge in [-0.05, 0) is 38.0 Å². The van der Waals surface area contributed by atoms with Gasteiger partial charge in [-0.25, -0.2) is 9.67 Å². The second-order valence-corrected chi connectivity index (χ2v) is 6.88. The minimum atomic E-state index is 0.105. The van der Waals surface area contributed by atoms with Gasteiger partial charge in [-0.1, -0.05) is 6.92 Å². The Hall–Kier alpha value is -0.590. The molecule has 2 saturated heterocycles. The SMILES string of the molecule is CCCNCc1ncnn1C1CCOC2(CCSC2)C1. The lowest BCUT2D eigenvalue weighted by atomic mass is 9.90. The molecule has 1 aromatic heterocycles. The molecule has 0 aromatic carbocycles. The number of thioether (sulfide) groups is 1. The van der Waals surface area contributed by atoms with Crippen molar-refractivity contribution in [2.75, 3.05) is 24.7 Å². The molecule has 2 aliphatic heterocycles. The summed E-state index contributed by atoms with van der Waals surface area (Å²) in [5, 5.41) is 7.90. The number of nitrogens with zero attached hydrogens (tertiary/aromatic N) is 3. The van der Waals surface area contributed by atoms with E-state index in [1.807, 2.05) is 11.8 Å². The number of ether oxygens (including phenoxy) is 1. The van der Waals surface area contributed by atoms with Crippen LogP contribution < -0.4 is 5.32 Å². The summed E-state index contributed by atoms with van der Waals surface area (Å²) in [4.78, 5) is 4.42. The van der Waals surface area contributed by atoms with Crippen molar-refractivity contribution >= 4 is 11.8 Å². The predicted octanol–water partition coefficient (Wildman–Crippen LogP) is 2.00. The zero-order chi connectivity index (χ0) is 13.8. The molecule has 2 fully saturated rings. The summed E-state index contributed by atoms with van der Waals surface area (Å²) in [5.74, 6) is 3.43. The third-order valence-electron chi connectivity index (χ3n) is 4.24. The number of nitrogens with one attached hydrogen (secondary N) is 1. The van der Waals surface area contributed by atoms with Crippen LogP contribution in [0, 0.1) is 0 Å². The molecule has 3 heterocycles. The first-order valence-corrected chi connectivity index (χ1v) is 8.79. The lowest BCUT2D eigenvalue weighted by Crippen LogP contribution is -2.41. The van der Waals surface area contributed by atoms with Crippen molar-refractivity contribution in [1.82, 2.24) is 20.1 Å². The first-order valence-electron chi connectivity index (χ1n) is 7.64. The molecule has 20 heavy (non-hydrogen) atoms. The maximum Gasteiger partial charge on any atom is 0.141 e. The van der Waals surface area contributed by atoms with E-state index in [4.69, 9.17) is 4.74 Å². The van der Waals surface area contributed by atoms with Gasteiger partial charge in [0.1, 0.15) is 12.2 Å². The predicted molar refractivity (Wildman–Crippen MR) is 80.9 cm³/mol. The Balaban J connectivity index is 1.67. The average molecular weight is 296 g/mol. The summed E-state index contributed by atoms with van der Waals surface area (Å²) in [6.45, 7) is 4.87. The number of hydrogen-bond acceptors (Lipinski definition) is 5. The third kappa shape index (κ3) is 3.02. The Morgan fingerprint density at radius 3 is 3.35 bits per heavy atom. The molecule has 1 aromatic rings. The van der Waals surface area contributed by atoms with Crippen molar-refractivity contribution in [3.05, 3.63) is 12.2 Å². The Labute approximate surface area is 124 Å². The van der Waals surface area contributed by atoms with Gasteiger partial charge in [0, 0.05) is 12.4 Å². The van der Waals surface area contributed by atoms with Crippen molar-refractivity contribution in [2.24, 2.45) is 0 Å². The van der Waals surface area contributed by atoms with E-state index in [9.17, 15) is 0 Å². The molecule has 0 aliphatic carbocycles. The summed E-state index contributed by atoms with van der Waals surface area (Å²) in [5.41, 5.74) is 0.105. The van der Waals surface area contributed by atoms with Crippen molar-refractivity contribution in [3.63, 3.8) is 0 Å². The van der Waals surface area contributed by atoms with Gasteiger partial charge in [-0.2, -0.15) is 16.9 Å². The lowest BCUT2D eigenvalue weighted by Gasteiger charge is -2.38. The minimum Gasteiger partial charge on any atom is -0.374 e. The van der Waals surface area contributed by atoms with Crippen molar-refractivity contribution in [1.29, 1.82) is 0 Å². The molecule has 0 radical (unpaired) electrons. The number of aromatic nitrogens is 3. The molecular formula is C14H24N4OS. The second-order valence-electron chi connectivity index (χ2n) is 5.78. The maximum atomic E-state index is 6.10. The van der Waals surface area contributed by atoms with Crippen LogP contribution >= 0.6 is 11.8 Å². The van der Waals surface area contributed by atoms with Crippen LogP contribution in [0.15, 0.2) is 6.33 Å². The summed E-state index contributed by atoms with van der Waals surface area (Å²) in [7, 11) is 0. The van der Waals surface area contributed by atoms with E-state index in [2.05, 4.69) is 27.0 Å². The zero-order valence-electron chi connectivity index (χ0n) is 12.2. The molecule has 0 amide bonds. The average Bonchev–Trinajstić information content (AvgIpc) is 3.09. The van der Waals surface area contributed by atoms with Crippen molar-refractivity contribution in [3.8, 4) is 0 Å². The number of hydrogen-bond donors (Lipinski definition) is 1. The van der Waals surface area contributed by atoms with Gasteiger partial charge in [0.2, 0.25) is 0 Å². The van der Waals surface area contributed by atoms with Crippen LogP contribution in [0.4, 0.5) is 0 Å². The Morgan fingerprint density at radius 2 is 2.55 bits per heavy atom. The van der Waals surface area contributed by atoms with E-state index in [1.54, 1.807) is 6.33 Å². The van der Waals surface area contributed by atoms with Crippen LogP contribution in [0.5, 0.6) is 0 Å². The lowest BCUT2D eigenvalue weighted by molar-refractivity contribution is -0.0782. The third-order valence-corrected chi connectivity index (χ3v) is 5.46. The van der Waals surface area contributed by atoms with Gasteiger partial charge in [0.05, 0.1) is 18.2 Å². The molecule has 2 atom stereocenters. The highest BCUT2D eigenvalue weighted by Crippen LogP contribution is 2.41. The maximum absolute atomic E-state index is 6.10. The molecule has 5 nitrogen and oxygen atoms in total. The van der Waals surface area contributed by atoms with Gasteiger partial charge in [0.15, 0.2) is 0 Å². The van der Waals surface area contributed by atoms with Crippen LogP contribution in [0.2, 0.25) is 0 Å². The van der Waals surface area contributed by atoms with Crippen LogP contribution in [-0.4, -0.2) is 45.0 Å². The minimum absolute atomic E-state index is 0.105. The van der Waals surface area contributed by atoms with Crippen LogP contribution in [-0.2, 0) is 11.3 Å². The van der Waals surface area contributed by atoms with E-state index in [0.717, 1.165) is 50.5 Å². The molecule has 0 bridgehead atoms. The van der Waals surface area contributed by atoms with Gasteiger partial charge in [-0.3, -0.25) is 0 Å². The largest absolute Gasteiger partial charge is 0.374 e. The summed E-state index contributed by atoms with van der Waals surface area (Å²) in [6.07, 6.45) is 6.16. The molecule has 0 saturated carbocycles. The fourth-order valence-electron chi connectivity index (χ4n) is 3.16. The van der Waals surface area contributed by atoms with E-state index in [1.165, 1.54) is 12.2 Å². The highest BCUT2D eigenvalue weighted by Gasteiger charge is 2.41.